The van der Waals surface area contributed by atoms with Gasteiger partial charge in [-0.15, -0.1) is 0 Å². The molecule has 0 saturated carbocycles. The lowest BCUT2D eigenvalue weighted by Gasteiger charge is -2.35. The molecule has 1 aliphatic rings. The van der Waals surface area contributed by atoms with Crippen molar-refractivity contribution < 1.29 is 13.2 Å². The number of benzene rings is 1. The van der Waals surface area contributed by atoms with E-state index in [2.05, 4.69) is 15.3 Å². The highest BCUT2D eigenvalue weighted by atomic mass is 35.5. The van der Waals surface area contributed by atoms with E-state index in [0.717, 1.165) is 5.69 Å². The third kappa shape index (κ3) is 4.96. The first-order valence-corrected chi connectivity index (χ1v) is 11.9. The Hall–Kier alpha value is -2.10. The number of piperazine rings is 1. The summed E-state index contributed by atoms with van der Waals surface area (Å²) < 4.78 is 29.5. The van der Waals surface area contributed by atoms with Gasteiger partial charge in [0, 0.05) is 56.2 Å². The first-order valence-electron chi connectivity index (χ1n) is 10.1. The smallest absolute Gasteiger partial charge is 0.263 e. The monoisotopic (exact) mass is 453 g/mol. The number of carbonyl (C=O) groups excluding carboxylic acids is 1. The number of rotatable bonds is 7. The van der Waals surface area contributed by atoms with Gasteiger partial charge >= 0.3 is 0 Å². The molecule has 30 heavy (non-hydrogen) atoms. The third-order valence-electron chi connectivity index (χ3n) is 4.96. The second kappa shape index (κ2) is 9.36. The average molecular weight is 454 g/mol. The summed E-state index contributed by atoms with van der Waals surface area (Å²) >= 11 is 6.07. The molecule has 2 heterocycles. The fourth-order valence-electron chi connectivity index (χ4n) is 3.29. The number of nitrogens with one attached hydrogen (secondary N) is 1. The summed E-state index contributed by atoms with van der Waals surface area (Å²) in [5, 5.41) is 7.46. The maximum Gasteiger partial charge on any atom is 0.263 e. The topological polar surface area (TPSA) is 87.5 Å². The van der Waals surface area contributed by atoms with Crippen LogP contribution in [-0.2, 0) is 16.6 Å². The first kappa shape index (κ1) is 22.6. The molecule has 0 unspecified atom stereocenters. The van der Waals surface area contributed by atoms with Crippen LogP contribution in [0.15, 0.2) is 35.5 Å². The summed E-state index contributed by atoms with van der Waals surface area (Å²) in [5.74, 6) is -0.158. The van der Waals surface area contributed by atoms with Crippen LogP contribution in [0.2, 0.25) is 5.02 Å². The maximum absolute atomic E-state index is 13.3. The minimum absolute atomic E-state index is 0.0924. The Morgan fingerprint density at radius 1 is 1.23 bits per heavy atom. The largest absolute Gasteiger partial charge is 0.369 e. The molecule has 1 aromatic carbocycles. The molecule has 164 valence electrons. The van der Waals surface area contributed by atoms with Crippen molar-refractivity contribution in [1.82, 2.24) is 19.4 Å². The lowest BCUT2D eigenvalue weighted by Crippen LogP contribution is -2.49. The number of carbonyl (C=O) groups is 1. The summed E-state index contributed by atoms with van der Waals surface area (Å²) in [6.07, 6.45) is 1.50. The zero-order chi connectivity index (χ0) is 21.9. The zero-order valence-corrected chi connectivity index (χ0v) is 19.1. The minimum Gasteiger partial charge on any atom is -0.369 e. The van der Waals surface area contributed by atoms with Gasteiger partial charge in [-0.2, -0.15) is 9.40 Å². The van der Waals surface area contributed by atoms with E-state index in [1.165, 1.54) is 15.2 Å². The number of aromatic nitrogens is 2. The summed E-state index contributed by atoms with van der Waals surface area (Å²) in [5.41, 5.74) is 1.05. The van der Waals surface area contributed by atoms with Crippen LogP contribution in [0.3, 0.4) is 0 Å². The van der Waals surface area contributed by atoms with Crippen molar-refractivity contribution in [3.05, 3.63) is 41.0 Å². The van der Waals surface area contributed by atoms with Gasteiger partial charge in [-0.05, 0) is 31.0 Å². The fourth-order valence-corrected chi connectivity index (χ4v) is 4.99. The van der Waals surface area contributed by atoms with Gasteiger partial charge in [-0.25, -0.2) is 8.42 Å². The molecule has 1 aromatic heterocycles. The predicted molar refractivity (Wildman–Crippen MR) is 117 cm³/mol. The van der Waals surface area contributed by atoms with Gasteiger partial charge in [0.2, 0.25) is 5.03 Å². The lowest BCUT2D eigenvalue weighted by molar-refractivity contribution is 0.0945. The second-order valence-corrected chi connectivity index (χ2v) is 9.97. The summed E-state index contributed by atoms with van der Waals surface area (Å²) in [7, 11) is -3.89. The Labute approximate surface area is 182 Å². The van der Waals surface area contributed by atoms with Crippen LogP contribution in [-0.4, -0.2) is 61.1 Å². The Balaban J connectivity index is 1.79. The lowest BCUT2D eigenvalue weighted by atomic mass is 10.2. The molecule has 1 fully saturated rings. The van der Waals surface area contributed by atoms with E-state index >= 15 is 0 Å². The molecule has 3 rings (SSSR count). The number of amides is 1. The molecule has 0 atom stereocenters. The number of hydrogen-bond acceptors (Lipinski definition) is 5. The van der Waals surface area contributed by atoms with Gasteiger partial charge in [-0.1, -0.05) is 31.5 Å². The van der Waals surface area contributed by atoms with Gasteiger partial charge in [0.1, 0.15) is 0 Å². The van der Waals surface area contributed by atoms with Crippen LogP contribution in [0.4, 0.5) is 5.69 Å². The number of nitrogens with zero attached hydrogens (tertiary/aromatic N) is 4. The normalized spacial score (nSPS) is 15.6. The highest BCUT2D eigenvalue weighted by Crippen LogP contribution is 2.24. The van der Waals surface area contributed by atoms with Crippen LogP contribution in [0.5, 0.6) is 0 Å². The molecule has 10 heteroatoms. The molecule has 0 aliphatic carbocycles. The fraction of sp³-hybridized carbons (Fsp3) is 0.500. The van der Waals surface area contributed by atoms with Crippen molar-refractivity contribution >= 4 is 33.2 Å². The molecule has 1 amide bonds. The van der Waals surface area contributed by atoms with E-state index in [1.54, 1.807) is 0 Å². The summed E-state index contributed by atoms with van der Waals surface area (Å²) in [4.78, 5) is 14.7. The van der Waals surface area contributed by atoms with E-state index in [0.29, 0.717) is 44.3 Å². The van der Waals surface area contributed by atoms with E-state index in [1.807, 2.05) is 45.0 Å². The Morgan fingerprint density at radius 2 is 1.93 bits per heavy atom. The number of aryl methyl sites for hydroxylation is 1. The Bertz CT molecular complexity index is 998. The molecule has 1 N–H and O–H groups in total. The maximum atomic E-state index is 13.3. The van der Waals surface area contributed by atoms with Crippen molar-refractivity contribution in [1.29, 1.82) is 0 Å². The van der Waals surface area contributed by atoms with Gasteiger partial charge in [0.05, 0.1) is 5.56 Å². The first-order chi connectivity index (χ1) is 14.2. The molecule has 0 bridgehead atoms. The van der Waals surface area contributed by atoms with Crippen molar-refractivity contribution in [3.63, 3.8) is 0 Å². The van der Waals surface area contributed by atoms with Gasteiger partial charge in [0.25, 0.3) is 15.9 Å². The Kier molecular flexibility index (Phi) is 7.05. The highest BCUT2D eigenvalue weighted by Gasteiger charge is 2.34. The van der Waals surface area contributed by atoms with Crippen LogP contribution in [0, 0.1) is 5.92 Å². The van der Waals surface area contributed by atoms with Crippen molar-refractivity contribution in [2.24, 2.45) is 5.92 Å². The van der Waals surface area contributed by atoms with E-state index in [4.69, 9.17) is 11.6 Å². The quantitative estimate of drug-likeness (QED) is 0.695. The van der Waals surface area contributed by atoms with Crippen LogP contribution in [0.1, 0.15) is 31.1 Å². The van der Waals surface area contributed by atoms with E-state index in [-0.39, 0.29) is 16.5 Å². The SMILES string of the molecule is CCn1cc(C(=O)NCC(C)C)c(S(=O)(=O)N2CCN(c3cccc(Cl)c3)CC2)n1. The molecule has 2 aromatic rings. The number of anilines is 1. The standard InChI is InChI=1S/C20H28ClN5O3S/c1-4-25-14-18(19(27)22-13-15(2)3)20(23-25)30(28,29)26-10-8-24(9-11-26)17-7-5-6-16(21)12-17/h5-7,12,14-15H,4,8-11,13H2,1-3H3,(H,22,27). The van der Waals surface area contributed by atoms with Crippen molar-refractivity contribution in [2.45, 2.75) is 32.3 Å². The average Bonchev–Trinajstić information content (AvgIpc) is 3.18. The minimum atomic E-state index is -3.89. The predicted octanol–water partition coefficient (Wildman–Crippen LogP) is 2.45. The summed E-state index contributed by atoms with van der Waals surface area (Å²) in [6.45, 7) is 8.42. The molecule has 1 saturated heterocycles. The van der Waals surface area contributed by atoms with Gasteiger partial charge in [-0.3, -0.25) is 9.48 Å². The van der Waals surface area contributed by atoms with Gasteiger partial charge in [0.15, 0.2) is 0 Å². The van der Waals surface area contributed by atoms with E-state index in [9.17, 15) is 13.2 Å². The zero-order valence-electron chi connectivity index (χ0n) is 17.5. The molecular weight excluding hydrogens is 426 g/mol. The van der Waals surface area contributed by atoms with Crippen LogP contribution >= 0.6 is 11.6 Å². The summed E-state index contributed by atoms with van der Waals surface area (Å²) in [6, 6.07) is 7.50. The third-order valence-corrected chi connectivity index (χ3v) is 7.03. The number of hydrogen-bond donors (Lipinski definition) is 1. The molecular formula is C20H28ClN5O3S. The molecule has 0 radical (unpaired) electrons. The Morgan fingerprint density at radius 3 is 2.53 bits per heavy atom. The van der Waals surface area contributed by atoms with E-state index < -0.39 is 15.9 Å². The molecule has 0 spiro atoms. The second-order valence-electron chi connectivity index (χ2n) is 7.68. The van der Waals surface area contributed by atoms with Crippen LogP contribution in [0.25, 0.3) is 0 Å². The van der Waals surface area contributed by atoms with Crippen molar-refractivity contribution in [3.8, 4) is 0 Å². The molecule has 8 nitrogen and oxygen atoms in total. The van der Waals surface area contributed by atoms with Crippen molar-refractivity contribution in [2.75, 3.05) is 37.6 Å². The number of sulfonamides is 1. The van der Waals surface area contributed by atoms with Crippen LogP contribution < -0.4 is 10.2 Å². The number of halogens is 1. The van der Waals surface area contributed by atoms with Gasteiger partial charge < -0.3 is 10.2 Å². The highest BCUT2D eigenvalue weighted by molar-refractivity contribution is 7.89. The molecule has 1 aliphatic heterocycles.